The third kappa shape index (κ3) is 6.79. The molecular formula is C35H40O3. The molecule has 0 radical (unpaired) electrons. The molecule has 0 fully saturated rings. The van der Waals surface area contributed by atoms with Gasteiger partial charge in [-0.05, 0) is 35.6 Å². The minimum absolute atomic E-state index is 0.0224. The van der Waals surface area contributed by atoms with Crippen molar-refractivity contribution in [1.29, 1.82) is 0 Å². The fraction of sp³-hybridized carbons (Fsp3) is 0.314. The lowest BCUT2D eigenvalue weighted by atomic mass is 9.79. The molecule has 0 bridgehead atoms. The second-order valence-corrected chi connectivity index (χ2v) is 9.99. The number of unbranched alkanes of at least 4 members (excludes halogenated alkanes) is 1. The highest BCUT2D eigenvalue weighted by Gasteiger charge is 2.39. The van der Waals surface area contributed by atoms with Crippen LogP contribution in [-0.2, 0) is 21.7 Å². The number of ether oxygens (including phenoxy) is 2. The molecule has 0 heterocycles. The Hall–Kier alpha value is -3.24. The lowest BCUT2D eigenvalue weighted by Gasteiger charge is -2.38. The van der Waals surface area contributed by atoms with Crippen molar-refractivity contribution in [2.24, 2.45) is 5.92 Å². The summed E-state index contributed by atoms with van der Waals surface area (Å²) < 4.78 is 13.5. The predicted molar refractivity (Wildman–Crippen MR) is 155 cm³/mol. The molecule has 1 N–H and O–H groups in total. The van der Waals surface area contributed by atoms with Crippen LogP contribution in [0.1, 0.15) is 55.4 Å². The molecule has 0 spiro atoms. The summed E-state index contributed by atoms with van der Waals surface area (Å²) in [6, 6.07) is 41.5. The van der Waals surface area contributed by atoms with E-state index in [1.54, 1.807) is 0 Å². The Morgan fingerprint density at radius 2 is 1.13 bits per heavy atom. The van der Waals surface area contributed by atoms with Crippen molar-refractivity contribution in [3.63, 3.8) is 0 Å². The van der Waals surface area contributed by atoms with Crippen molar-refractivity contribution in [2.45, 2.75) is 57.5 Å². The maximum atomic E-state index is 10.9. The van der Waals surface area contributed by atoms with Gasteiger partial charge in [-0.3, -0.25) is 0 Å². The van der Waals surface area contributed by atoms with Gasteiger partial charge in [-0.25, -0.2) is 0 Å². The first-order chi connectivity index (χ1) is 18.6. The van der Waals surface area contributed by atoms with Crippen LogP contribution in [0, 0.1) is 5.92 Å². The fourth-order valence-corrected chi connectivity index (χ4v) is 5.25. The van der Waals surface area contributed by atoms with Crippen LogP contribution < -0.4 is 0 Å². The third-order valence-corrected chi connectivity index (χ3v) is 7.21. The van der Waals surface area contributed by atoms with Crippen LogP contribution in [0.2, 0.25) is 0 Å². The molecule has 3 atom stereocenters. The second-order valence-electron chi connectivity index (χ2n) is 9.99. The largest absolute Gasteiger partial charge is 0.391 e. The highest BCUT2D eigenvalue weighted by molar-refractivity contribution is 5.47. The molecular weight excluding hydrogens is 468 g/mol. The molecule has 0 aromatic heterocycles. The highest BCUT2D eigenvalue weighted by atomic mass is 16.5. The van der Waals surface area contributed by atoms with E-state index in [0.29, 0.717) is 13.2 Å². The van der Waals surface area contributed by atoms with Crippen molar-refractivity contribution in [2.75, 3.05) is 6.61 Å². The highest BCUT2D eigenvalue weighted by Crippen LogP contribution is 2.41. The van der Waals surface area contributed by atoms with Gasteiger partial charge in [0.2, 0.25) is 0 Å². The molecule has 0 aliphatic carbocycles. The van der Waals surface area contributed by atoms with Gasteiger partial charge in [0.15, 0.2) is 0 Å². The molecule has 3 heteroatoms. The number of aliphatic hydroxyl groups is 1. The minimum atomic E-state index is -0.795. The van der Waals surface area contributed by atoms with E-state index in [1.807, 2.05) is 43.3 Å². The summed E-state index contributed by atoms with van der Waals surface area (Å²) in [6.07, 6.45) is 2.06. The Morgan fingerprint density at radius 1 is 0.684 bits per heavy atom. The standard InChI is InChI=1S/C35H40O3/c1-3-4-19-30(34(28(2)36)37-26-29-17-9-5-10-18-29)27-38-35(31-20-11-6-12-21-31,32-22-13-7-14-23-32)33-24-15-8-16-25-33/h5-18,20-25,28,30,34,36H,3-4,19,26-27H2,1-2H3. The van der Waals surface area contributed by atoms with Crippen molar-refractivity contribution in [1.82, 2.24) is 0 Å². The van der Waals surface area contributed by atoms with Gasteiger partial charge < -0.3 is 14.6 Å². The van der Waals surface area contributed by atoms with Crippen molar-refractivity contribution < 1.29 is 14.6 Å². The Labute approximate surface area is 228 Å². The maximum absolute atomic E-state index is 10.9. The molecule has 4 rings (SSSR count). The van der Waals surface area contributed by atoms with E-state index in [0.717, 1.165) is 41.5 Å². The normalized spacial score (nSPS) is 14.1. The summed E-state index contributed by atoms with van der Waals surface area (Å²) in [5.41, 5.74) is 3.53. The molecule has 0 amide bonds. The van der Waals surface area contributed by atoms with Gasteiger partial charge in [-0.1, -0.05) is 141 Å². The Morgan fingerprint density at radius 3 is 1.55 bits per heavy atom. The van der Waals surface area contributed by atoms with Crippen LogP contribution >= 0.6 is 0 Å². The zero-order valence-electron chi connectivity index (χ0n) is 22.6. The van der Waals surface area contributed by atoms with Gasteiger partial charge in [-0.15, -0.1) is 0 Å². The van der Waals surface area contributed by atoms with E-state index >= 15 is 0 Å². The maximum Gasteiger partial charge on any atom is 0.143 e. The molecule has 0 saturated carbocycles. The van der Waals surface area contributed by atoms with Crippen LogP contribution in [0.4, 0.5) is 0 Å². The zero-order valence-corrected chi connectivity index (χ0v) is 22.6. The molecule has 4 aromatic rings. The Balaban J connectivity index is 1.71. The summed E-state index contributed by atoms with van der Waals surface area (Å²) in [5, 5.41) is 10.9. The summed E-state index contributed by atoms with van der Waals surface area (Å²) in [5.74, 6) is 0.0224. The van der Waals surface area contributed by atoms with Crippen LogP contribution in [-0.4, -0.2) is 23.9 Å². The summed E-state index contributed by atoms with van der Waals surface area (Å²) >= 11 is 0. The summed E-state index contributed by atoms with van der Waals surface area (Å²) in [4.78, 5) is 0. The predicted octanol–water partition coefficient (Wildman–Crippen LogP) is 7.77. The minimum Gasteiger partial charge on any atom is -0.391 e. The quantitative estimate of drug-likeness (QED) is 0.177. The van der Waals surface area contributed by atoms with Gasteiger partial charge in [-0.2, -0.15) is 0 Å². The first kappa shape index (κ1) is 27.8. The van der Waals surface area contributed by atoms with Gasteiger partial charge in [0, 0.05) is 5.92 Å². The van der Waals surface area contributed by atoms with Crippen molar-refractivity contribution in [3.8, 4) is 0 Å². The molecule has 0 aliphatic heterocycles. The molecule has 4 aromatic carbocycles. The van der Waals surface area contributed by atoms with E-state index in [9.17, 15) is 5.11 Å². The SMILES string of the molecule is CCCCC(COC(c1ccccc1)(c1ccccc1)c1ccccc1)C(OCc1ccccc1)C(C)O. The molecule has 3 nitrogen and oxygen atoms in total. The summed E-state index contributed by atoms with van der Waals surface area (Å²) in [6.45, 7) is 4.93. The molecule has 0 saturated heterocycles. The number of benzene rings is 4. The van der Waals surface area contributed by atoms with E-state index in [2.05, 4.69) is 91.9 Å². The molecule has 198 valence electrons. The monoisotopic (exact) mass is 508 g/mol. The van der Waals surface area contributed by atoms with Crippen LogP contribution in [0.3, 0.4) is 0 Å². The van der Waals surface area contributed by atoms with Gasteiger partial charge in [0.1, 0.15) is 5.60 Å². The van der Waals surface area contributed by atoms with E-state index < -0.39 is 11.7 Å². The Kier molecular flexibility index (Phi) is 10.3. The third-order valence-electron chi connectivity index (χ3n) is 7.21. The van der Waals surface area contributed by atoms with E-state index in [-0.39, 0.29) is 12.0 Å². The van der Waals surface area contributed by atoms with Crippen LogP contribution in [0.5, 0.6) is 0 Å². The lowest BCUT2D eigenvalue weighted by Crippen LogP contribution is -2.40. The van der Waals surface area contributed by atoms with Crippen LogP contribution in [0.15, 0.2) is 121 Å². The van der Waals surface area contributed by atoms with Crippen molar-refractivity contribution >= 4 is 0 Å². The van der Waals surface area contributed by atoms with E-state index in [1.165, 1.54) is 0 Å². The second kappa shape index (κ2) is 14.1. The summed E-state index contributed by atoms with van der Waals surface area (Å²) in [7, 11) is 0. The number of rotatable bonds is 14. The molecule has 38 heavy (non-hydrogen) atoms. The smallest absolute Gasteiger partial charge is 0.143 e. The van der Waals surface area contributed by atoms with E-state index in [4.69, 9.17) is 9.47 Å². The topological polar surface area (TPSA) is 38.7 Å². The molecule has 3 unspecified atom stereocenters. The van der Waals surface area contributed by atoms with Gasteiger partial charge in [0.25, 0.3) is 0 Å². The lowest BCUT2D eigenvalue weighted by molar-refractivity contribution is -0.106. The zero-order chi connectivity index (χ0) is 26.6. The first-order valence-electron chi connectivity index (χ1n) is 13.8. The Bertz CT molecular complexity index is 1080. The fourth-order valence-electron chi connectivity index (χ4n) is 5.25. The average molecular weight is 509 g/mol. The number of hydrogen-bond donors (Lipinski definition) is 1. The van der Waals surface area contributed by atoms with Crippen molar-refractivity contribution in [3.05, 3.63) is 144 Å². The number of aliphatic hydroxyl groups excluding tert-OH is 1. The first-order valence-corrected chi connectivity index (χ1v) is 13.8. The number of hydrogen-bond acceptors (Lipinski definition) is 3. The van der Waals surface area contributed by atoms with Gasteiger partial charge >= 0.3 is 0 Å². The average Bonchev–Trinajstić information content (AvgIpc) is 2.98. The molecule has 0 aliphatic rings. The van der Waals surface area contributed by atoms with Gasteiger partial charge in [0.05, 0.1) is 25.4 Å². The van der Waals surface area contributed by atoms with Crippen LogP contribution in [0.25, 0.3) is 0 Å².